The highest BCUT2D eigenvalue weighted by atomic mass is 32.1. The van der Waals surface area contributed by atoms with E-state index in [1.807, 2.05) is 0 Å². The number of nitrogens with zero attached hydrogens (tertiary/aromatic N) is 4. The maximum Gasteiger partial charge on any atom is 0.269 e. The van der Waals surface area contributed by atoms with Crippen LogP contribution in [-0.4, -0.2) is 46.1 Å². The molecule has 150 valence electrons. The molecule has 2 aromatic heterocycles. The van der Waals surface area contributed by atoms with Crippen LogP contribution in [0.2, 0.25) is 0 Å². The van der Waals surface area contributed by atoms with Crippen molar-refractivity contribution < 1.29 is 14.4 Å². The number of nitro groups is 1. The zero-order valence-corrected chi connectivity index (χ0v) is 16.6. The Morgan fingerprint density at radius 1 is 1.17 bits per heavy atom. The summed E-state index contributed by atoms with van der Waals surface area (Å²) in [5.41, 5.74) is 1.33. The number of rotatable bonds is 5. The number of hydrogen-bond donors (Lipinski definition) is 0. The molecule has 0 atom stereocenters. The fourth-order valence-corrected chi connectivity index (χ4v) is 5.13. The highest BCUT2D eigenvalue weighted by molar-refractivity contribution is 7.19. The van der Waals surface area contributed by atoms with E-state index < -0.39 is 4.92 Å². The predicted molar refractivity (Wildman–Crippen MR) is 109 cm³/mol. The van der Waals surface area contributed by atoms with Gasteiger partial charge in [0.2, 0.25) is 5.88 Å². The molecule has 2 aliphatic rings. The summed E-state index contributed by atoms with van der Waals surface area (Å²) in [5, 5.41) is 11.9. The van der Waals surface area contributed by atoms with Crippen molar-refractivity contribution in [1.82, 2.24) is 14.9 Å². The number of benzene rings is 1. The molecule has 0 spiro atoms. The number of ether oxygens (including phenoxy) is 2. The normalized spacial score (nSPS) is 16.8. The fraction of sp³-hybridized carbons (Fsp3) is 0.400. The van der Waals surface area contributed by atoms with Gasteiger partial charge in [0.1, 0.15) is 16.4 Å². The van der Waals surface area contributed by atoms with E-state index in [0.29, 0.717) is 18.2 Å². The van der Waals surface area contributed by atoms with Gasteiger partial charge in [-0.3, -0.25) is 15.0 Å². The Morgan fingerprint density at radius 3 is 2.72 bits per heavy atom. The van der Waals surface area contributed by atoms with E-state index in [1.165, 1.54) is 22.6 Å². The van der Waals surface area contributed by atoms with Gasteiger partial charge in [0.25, 0.3) is 5.69 Å². The Labute approximate surface area is 171 Å². The average molecular weight is 412 g/mol. The molecule has 29 heavy (non-hydrogen) atoms. The number of fused-ring (bicyclic) bond motifs is 3. The molecule has 0 unspecified atom stereocenters. The second-order valence-electron chi connectivity index (χ2n) is 7.22. The van der Waals surface area contributed by atoms with E-state index in [4.69, 9.17) is 19.4 Å². The van der Waals surface area contributed by atoms with E-state index in [9.17, 15) is 10.1 Å². The van der Waals surface area contributed by atoms with Gasteiger partial charge in [0.05, 0.1) is 30.1 Å². The molecule has 0 N–H and O–H groups in total. The molecule has 0 bridgehead atoms. The molecule has 3 aromatic rings. The molecule has 3 heterocycles. The third-order valence-electron chi connectivity index (χ3n) is 5.31. The van der Waals surface area contributed by atoms with Gasteiger partial charge in [-0.25, -0.2) is 4.98 Å². The molecular formula is C20H20N4O4S. The van der Waals surface area contributed by atoms with Crippen LogP contribution < -0.4 is 4.74 Å². The first-order valence-corrected chi connectivity index (χ1v) is 10.5. The Balaban J connectivity index is 1.51. The lowest BCUT2D eigenvalue weighted by Crippen LogP contribution is -2.36. The van der Waals surface area contributed by atoms with Gasteiger partial charge in [-0.15, -0.1) is 11.3 Å². The summed E-state index contributed by atoms with van der Waals surface area (Å²) in [5.74, 6) is 1.81. The van der Waals surface area contributed by atoms with Gasteiger partial charge in [-0.2, -0.15) is 4.98 Å². The largest absolute Gasteiger partial charge is 0.438 e. The van der Waals surface area contributed by atoms with Gasteiger partial charge >= 0.3 is 0 Å². The zero-order valence-electron chi connectivity index (χ0n) is 15.8. The Morgan fingerprint density at radius 2 is 1.97 bits per heavy atom. The smallest absolute Gasteiger partial charge is 0.269 e. The minimum absolute atomic E-state index is 0.0367. The first-order valence-electron chi connectivity index (χ1n) is 9.71. The molecule has 1 fully saturated rings. The van der Waals surface area contributed by atoms with Crippen LogP contribution in [0.3, 0.4) is 0 Å². The predicted octanol–water partition coefficient (Wildman–Crippen LogP) is 3.71. The van der Waals surface area contributed by atoms with Crippen molar-refractivity contribution in [3.8, 4) is 11.6 Å². The first-order chi connectivity index (χ1) is 14.2. The molecule has 0 saturated carbocycles. The molecule has 1 aliphatic carbocycles. The lowest BCUT2D eigenvalue weighted by molar-refractivity contribution is -0.384. The van der Waals surface area contributed by atoms with Gasteiger partial charge < -0.3 is 9.47 Å². The van der Waals surface area contributed by atoms with Crippen LogP contribution in [0.25, 0.3) is 10.2 Å². The van der Waals surface area contributed by atoms with Crippen molar-refractivity contribution in [3.63, 3.8) is 0 Å². The maximum absolute atomic E-state index is 10.9. The van der Waals surface area contributed by atoms with E-state index in [0.717, 1.165) is 61.6 Å². The lowest BCUT2D eigenvalue weighted by Gasteiger charge is -2.25. The summed E-state index contributed by atoms with van der Waals surface area (Å²) >= 11 is 1.73. The van der Waals surface area contributed by atoms with E-state index in [2.05, 4.69) is 4.90 Å². The third-order valence-corrected chi connectivity index (χ3v) is 6.49. The van der Waals surface area contributed by atoms with Crippen LogP contribution in [0, 0.1) is 10.1 Å². The van der Waals surface area contributed by atoms with E-state index in [1.54, 1.807) is 23.5 Å². The number of morpholine rings is 1. The molecule has 0 amide bonds. The summed E-state index contributed by atoms with van der Waals surface area (Å²) in [4.78, 5) is 24.7. The summed E-state index contributed by atoms with van der Waals surface area (Å²) in [6.07, 6.45) is 3.23. The molecule has 1 saturated heterocycles. The van der Waals surface area contributed by atoms with Crippen LogP contribution >= 0.6 is 11.3 Å². The molecule has 9 heteroatoms. The van der Waals surface area contributed by atoms with Crippen LogP contribution in [-0.2, 0) is 24.1 Å². The highest BCUT2D eigenvalue weighted by Crippen LogP contribution is 2.41. The summed E-state index contributed by atoms with van der Waals surface area (Å²) < 4.78 is 11.6. The topological polar surface area (TPSA) is 90.6 Å². The number of hydrogen-bond acceptors (Lipinski definition) is 8. The van der Waals surface area contributed by atoms with Crippen LogP contribution in [0.15, 0.2) is 24.3 Å². The number of aromatic nitrogens is 2. The van der Waals surface area contributed by atoms with Crippen molar-refractivity contribution >= 4 is 27.2 Å². The Hall–Kier alpha value is -2.62. The minimum atomic E-state index is -0.418. The van der Waals surface area contributed by atoms with Gasteiger partial charge in [0, 0.05) is 30.1 Å². The minimum Gasteiger partial charge on any atom is -0.438 e. The first kappa shape index (κ1) is 18.4. The third kappa shape index (κ3) is 3.68. The van der Waals surface area contributed by atoms with Crippen molar-refractivity contribution in [3.05, 3.63) is 50.6 Å². The second-order valence-corrected chi connectivity index (χ2v) is 8.31. The summed E-state index contributed by atoms with van der Waals surface area (Å²) in [6.45, 7) is 3.82. The van der Waals surface area contributed by atoms with Crippen LogP contribution in [0.4, 0.5) is 5.69 Å². The number of non-ortho nitro benzene ring substituents is 1. The monoisotopic (exact) mass is 412 g/mol. The average Bonchev–Trinajstić information content (AvgIpc) is 3.30. The molecule has 5 rings (SSSR count). The van der Waals surface area contributed by atoms with Crippen molar-refractivity contribution in [2.75, 3.05) is 26.3 Å². The molecule has 1 aromatic carbocycles. The number of nitro benzene ring substituents is 1. The number of thiophene rings is 1. The van der Waals surface area contributed by atoms with Crippen molar-refractivity contribution in [2.24, 2.45) is 0 Å². The van der Waals surface area contributed by atoms with Crippen molar-refractivity contribution in [2.45, 2.75) is 25.8 Å². The maximum atomic E-state index is 10.9. The van der Waals surface area contributed by atoms with Crippen molar-refractivity contribution in [1.29, 1.82) is 0 Å². The Kier molecular flexibility index (Phi) is 4.86. The standard InChI is InChI=1S/C20H20N4O4S/c25-24(26)13-4-6-14(7-5-13)28-19-18-15-2-1-3-16(15)29-20(18)22-17(21-19)12-23-8-10-27-11-9-23/h4-7H,1-3,8-12H2. The van der Waals surface area contributed by atoms with Gasteiger partial charge in [0.15, 0.2) is 0 Å². The molecule has 8 nitrogen and oxygen atoms in total. The number of aryl methyl sites for hydroxylation is 2. The van der Waals surface area contributed by atoms with E-state index in [-0.39, 0.29) is 5.69 Å². The fourth-order valence-electron chi connectivity index (χ4n) is 3.86. The second kappa shape index (κ2) is 7.66. The van der Waals surface area contributed by atoms with Crippen LogP contribution in [0.1, 0.15) is 22.7 Å². The zero-order chi connectivity index (χ0) is 19.8. The summed E-state index contributed by atoms with van der Waals surface area (Å²) in [7, 11) is 0. The molecule has 1 aliphatic heterocycles. The van der Waals surface area contributed by atoms with Crippen LogP contribution in [0.5, 0.6) is 11.6 Å². The van der Waals surface area contributed by atoms with Gasteiger partial charge in [-0.05, 0) is 37.0 Å². The molecular weight excluding hydrogens is 392 g/mol. The van der Waals surface area contributed by atoms with Gasteiger partial charge in [-0.1, -0.05) is 0 Å². The highest BCUT2D eigenvalue weighted by Gasteiger charge is 2.24. The SMILES string of the molecule is O=[N+]([O-])c1ccc(Oc2nc(CN3CCOCC3)nc3sc4c(c23)CCC4)cc1. The summed E-state index contributed by atoms with van der Waals surface area (Å²) in [6, 6.07) is 6.11. The lowest BCUT2D eigenvalue weighted by atomic mass is 10.2. The molecule has 0 radical (unpaired) electrons. The quantitative estimate of drug-likeness (QED) is 0.466. The Bertz CT molecular complexity index is 1060. The van der Waals surface area contributed by atoms with E-state index >= 15 is 0 Å².